The molecule has 192 valence electrons. The first-order chi connectivity index (χ1) is 17.5. The summed E-state index contributed by atoms with van der Waals surface area (Å²) in [5.41, 5.74) is -0.579. The molecule has 3 rings (SSSR count). The molecule has 1 N–H and O–H groups in total. The number of amides is 1. The van der Waals surface area contributed by atoms with Crippen molar-refractivity contribution in [2.24, 2.45) is 0 Å². The van der Waals surface area contributed by atoms with Gasteiger partial charge in [-0.25, -0.2) is 4.39 Å². The van der Waals surface area contributed by atoms with Crippen LogP contribution in [0.1, 0.15) is 23.6 Å². The van der Waals surface area contributed by atoms with E-state index in [1.807, 2.05) is 0 Å². The molecule has 0 fully saturated rings. The van der Waals surface area contributed by atoms with Gasteiger partial charge in [-0.05, 0) is 82.5 Å². The number of carbonyl (C=O) groups excluding carboxylic acids is 1. The smallest absolute Gasteiger partial charge is 0.416 e. The van der Waals surface area contributed by atoms with Crippen LogP contribution in [-0.2, 0) is 17.6 Å². The molecular weight excluding hydrogens is 580 g/mol. The fourth-order valence-electron chi connectivity index (χ4n) is 3.11. The van der Waals surface area contributed by atoms with Crippen LogP contribution in [0.15, 0.2) is 64.6 Å². The summed E-state index contributed by atoms with van der Waals surface area (Å²) in [6, 6.07) is 13.1. The predicted octanol–water partition coefficient (Wildman–Crippen LogP) is 7.78. The quantitative estimate of drug-likeness (QED) is 0.164. The highest BCUT2D eigenvalue weighted by Crippen LogP contribution is 2.38. The molecular formula is C26H18BrClF4N2O3. The second-order valence-corrected chi connectivity index (χ2v) is 8.76. The Morgan fingerprint density at radius 1 is 1.14 bits per heavy atom. The highest BCUT2D eigenvalue weighted by molar-refractivity contribution is 9.10. The zero-order valence-corrected chi connectivity index (χ0v) is 21.5. The topological polar surface area (TPSA) is 71.3 Å². The molecule has 37 heavy (non-hydrogen) atoms. The normalized spacial score (nSPS) is 11.6. The van der Waals surface area contributed by atoms with Crippen LogP contribution in [0, 0.1) is 17.1 Å². The summed E-state index contributed by atoms with van der Waals surface area (Å²) in [6.07, 6.45) is -3.39. The van der Waals surface area contributed by atoms with E-state index in [2.05, 4.69) is 21.2 Å². The zero-order valence-electron chi connectivity index (χ0n) is 19.1. The molecule has 0 heterocycles. The molecule has 11 heteroatoms. The van der Waals surface area contributed by atoms with Crippen molar-refractivity contribution in [3.05, 3.63) is 92.2 Å². The Morgan fingerprint density at radius 2 is 1.84 bits per heavy atom. The lowest BCUT2D eigenvalue weighted by atomic mass is 10.1. The van der Waals surface area contributed by atoms with E-state index >= 15 is 0 Å². The van der Waals surface area contributed by atoms with Gasteiger partial charge in [-0.2, -0.15) is 18.4 Å². The van der Waals surface area contributed by atoms with Gasteiger partial charge in [-0.1, -0.05) is 23.7 Å². The van der Waals surface area contributed by atoms with Crippen molar-refractivity contribution in [3.63, 3.8) is 0 Å². The van der Waals surface area contributed by atoms with Crippen LogP contribution in [0.25, 0.3) is 6.08 Å². The van der Waals surface area contributed by atoms with Crippen LogP contribution in [0.3, 0.4) is 0 Å². The number of hydrogen-bond donors (Lipinski definition) is 1. The number of ether oxygens (including phenoxy) is 2. The number of nitriles is 1. The van der Waals surface area contributed by atoms with E-state index in [9.17, 15) is 27.6 Å². The van der Waals surface area contributed by atoms with Gasteiger partial charge in [0.25, 0.3) is 5.91 Å². The number of alkyl halides is 3. The second kappa shape index (κ2) is 12.1. The van der Waals surface area contributed by atoms with Gasteiger partial charge in [0.1, 0.15) is 24.1 Å². The van der Waals surface area contributed by atoms with Crippen LogP contribution < -0.4 is 14.8 Å². The van der Waals surface area contributed by atoms with E-state index in [0.29, 0.717) is 27.6 Å². The number of nitrogens with zero attached hydrogens (tertiary/aromatic N) is 1. The molecule has 0 spiro atoms. The number of halogens is 6. The number of hydrogen-bond acceptors (Lipinski definition) is 4. The summed E-state index contributed by atoms with van der Waals surface area (Å²) >= 11 is 9.32. The number of carbonyl (C=O) groups is 1. The molecule has 3 aromatic rings. The first kappa shape index (κ1) is 28.0. The minimum atomic E-state index is -4.64. The largest absolute Gasteiger partial charge is 0.490 e. The first-order valence-electron chi connectivity index (χ1n) is 10.6. The maximum atomic E-state index is 13.1. The lowest BCUT2D eigenvalue weighted by molar-refractivity contribution is -0.137. The fourth-order valence-corrected chi connectivity index (χ4v) is 3.85. The number of anilines is 1. The standard InChI is InChI=1S/C26H18BrClF4N2O3/c1-2-36-23-11-16(10-20(27)24(23)37-14-15-3-6-19(29)7-4-15)9-17(13-33)25(35)34-22-12-18(26(30,31)32)5-8-21(22)28/h3-12H,2,14H2,1H3,(H,34,35). The maximum absolute atomic E-state index is 13.1. The third-order valence-corrected chi connectivity index (χ3v) is 5.76. The maximum Gasteiger partial charge on any atom is 0.416 e. The molecule has 3 aromatic carbocycles. The van der Waals surface area contributed by atoms with Gasteiger partial charge in [0, 0.05) is 0 Å². The second-order valence-electron chi connectivity index (χ2n) is 7.49. The molecule has 0 saturated carbocycles. The van der Waals surface area contributed by atoms with E-state index in [4.69, 9.17) is 21.1 Å². The van der Waals surface area contributed by atoms with Crippen molar-refractivity contribution < 1.29 is 31.8 Å². The van der Waals surface area contributed by atoms with Crippen LogP contribution in [0.2, 0.25) is 5.02 Å². The summed E-state index contributed by atoms with van der Waals surface area (Å²) in [7, 11) is 0. The molecule has 0 aromatic heterocycles. The summed E-state index contributed by atoms with van der Waals surface area (Å²) < 4.78 is 64.2. The Morgan fingerprint density at radius 3 is 2.46 bits per heavy atom. The molecule has 0 unspecified atom stereocenters. The Bertz CT molecular complexity index is 1370. The van der Waals surface area contributed by atoms with Crippen molar-refractivity contribution in [2.45, 2.75) is 19.7 Å². The number of nitrogens with one attached hydrogen (secondary N) is 1. The van der Waals surface area contributed by atoms with Gasteiger partial charge in [0.2, 0.25) is 0 Å². The molecule has 5 nitrogen and oxygen atoms in total. The molecule has 0 atom stereocenters. The third kappa shape index (κ3) is 7.47. The Hall–Kier alpha value is -3.55. The SMILES string of the molecule is CCOc1cc(C=C(C#N)C(=O)Nc2cc(C(F)(F)F)ccc2Cl)cc(Br)c1OCc1ccc(F)cc1. The van der Waals surface area contributed by atoms with Crippen molar-refractivity contribution in [3.8, 4) is 17.6 Å². The third-order valence-electron chi connectivity index (χ3n) is 4.85. The van der Waals surface area contributed by atoms with E-state index in [1.165, 1.54) is 24.3 Å². The molecule has 1 amide bonds. The predicted molar refractivity (Wildman–Crippen MR) is 135 cm³/mol. The van der Waals surface area contributed by atoms with E-state index in [0.717, 1.165) is 17.7 Å². The number of benzene rings is 3. The molecule has 0 aliphatic heterocycles. The van der Waals surface area contributed by atoms with Gasteiger partial charge in [0.05, 0.1) is 27.4 Å². The highest BCUT2D eigenvalue weighted by Gasteiger charge is 2.31. The monoisotopic (exact) mass is 596 g/mol. The minimum Gasteiger partial charge on any atom is -0.490 e. The van der Waals surface area contributed by atoms with Crippen molar-refractivity contribution >= 4 is 45.2 Å². The van der Waals surface area contributed by atoms with Crippen LogP contribution in [0.4, 0.5) is 23.2 Å². The van der Waals surface area contributed by atoms with E-state index < -0.39 is 17.6 Å². The van der Waals surface area contributed by atoms with Crippen LogP contribution >= 0.6 is 27.5 Å². The van der Waals surface area contributed by atoms with Gasteiger partial charge in [-0.3, -0.25) is 4.79 Å². The lowest BCUT2D eigenvalue weighted by Gasteiger charge is -2.15. The minimum absolute atomic E-state index is 0.123. The van der Waals surface area contributed by atoms with Crippen molar-refractivity contribution in [1.29, 1.82) is 5.26 Å². The fraction of sp³-hybridized carbons (Fsp3) is 0.154. The van der Waals surface area contributed by atoms with Crippen LogP contribution in [-0.4, -0.2) is 12.5 Å². The van der Waals surface area contributed by atoms with Crippen molar-refractivity contribution in [1.82, 2.24) is 0 Å². The Kier molecular flexibility index (Phi) is 9.18. The Labute approximate surface area is 223 Å². The van der Waals surface area contributed by atoms with Gasteiger partial charge < -0.3 is 14.8 Å². The summed E-state index contributed by atoms with van der Waals surface area (Å²) in [5.74, 6) is -0.663. The average Bonchev–Trinajstić information content (AvgIpc) is 2.84. The van der Waals surface area contributed by atoms with Crippen LogP contribution in [0.5, 0.6) is 11.5 Å². The number of rotatable bonds is 8. The van der Waals surface area contributed by atoms with Gasteiger partial charge in [-0.15, -0.1) is 0 Å². The van der Waals surface area contributed by atoms with E-state index in [1.54, 1.807) is 31.2 Å². The lowest BCUT2D eigenvalue weighted by Crippen LogP contribution is -2.15. The molecule has 0 saturated heterocycles. The summed E-state index contributed by atoms with van der Waals surface area (Å²) in [5, 5.41) is 11.7. The zero-order chi connectivity index (χ0) is 27.2. The van der Waals surface area contributed by atoms with E-state index in [-0.39, 0.29) is 35.3 Å². The highest BCUT2D eigenvalue weighted by atomic mass is 79.9. The van der Waals surface area contributed by atoms with Gasteiger partial charge in [0.15, 0.2) is 11.5 Å². The summed E-state index contributed by atoms with van der Waals surface area (Å²) in [6.45, 7) is 2.16. The van der Waals surface area contributed by atoms with Crippen molar-refractivity contribution in [2.75, 3.05) is 11.9 Å². The van der Waals surface area contributed by atoms with Gasteiger partial charge >= 0.3 is 6.18 Å². The molecule has 0 aliphatic carbocycles. The molecule has 0 bridgehead atoms. The average molecular weight is 598 g/mol. The first-order valence-corrected chi connectivity index (χ1v) is 11.8. The molecule has 0 aliphatic rings. The Balaban J connectivity index is 1.87. The summed E-state index contributed by atoms with van der Waals surface area (Å²) in [4.78, 5) is 12.7. The molecule has 0 radical (unpaired) electrons.